The fraction of sp³-hybridized carbons (Fsp3) is 0.909. The van der Waals surface area contributed by atoms with Crippen LogP contribution in [0.2, 0.25) is 0 Å². The lowest BCUT2D eigenvalue weighted by molar-refractivity contribution is -0.140. The van der Waals surface area contributed by atoms with E-state index in [0.717, 1.165) is 6.54 Å². The van der Waals surface area contributed by atoms with Crippen molar-refractivity contribution < 1.29 is 9.90 Å². The van der Waals surface area contributed by atoms with Crippen molar-refractivity contribution in [2.24, 2.45) is 17.8 Å². The van der Waals surface area contributed by atoms with Gasteiger partial charge in [0.1, 0.15) is 0 Å². The first-order chi connectivity index (χ1) is 6.34. The van der Waals surface area contributed by atoms with Gasteiger partial charge in [-0.2, -0.15) is 0 Å². The number of rotatable bonds is 1. The molecule has 2 fully saturated rings. The topological polar surface area (TPSA) is 40.5 Å². The van der Waals surface area contributed by atoms with E-state index in [0.29, 0.717) is 17.9 Å². The van der Waals surface area contributed by atoms with Crippen LogP contribution in [0.15, 0.2) is 0 Å². The van der Waals surface area contributed by atoms with Crippen LogP contribution >= 0.6 is 0 Å². The Balaban J connectivity index is 2.05. The lowest BCUT2D eigenvalue weighted by atomic mass is 10.0. The zero-order valence-electron chi connectivity index (χ0n) is 9.32. The van der Waals surface area contributed by atoms with Crippen LogP contribution in [-0.4, -0.2) is 34.1 Å². The molecule has 0 aromatic carbocycles. The molecule has 1 N–H and O–H groups in total. The predicted molar refractivity (Wildman–Crippen MR) is 54.0 cm³/mol. The number of carboxylic acids is 1. The number of carboxylic acid groups (broad SMARTS) is 1. The zero-order valence-corrected chi connectivity index (χ0v) is 9.32. The maximum absolute atomic E-state index is 10.9. The number of nitrogens with zero attached hydrogens (tertiary/aromatic N) is 1. The van der Waals surface area contributed by atoms with E-state index < -0.39 is 5.97 Å². The van der Waals surface area contributed by atoms with E-state index in [1.54, 1.807) is 0 Å². The molecule has 3 nitrogen and oxygen atoms in total. The molecule has 0 aromatic rings. The number of likely N-dealkylation sites (tertiary alicyclic amines) is 1. The van der Waals surface area contributed by atoms with E-state index in [4.69, 9.17) is 5.11 Å². The van der Waals surface area contributed by atoms with Gasteiger partial charge in [0.15, 0.2) is 0 Å². The Morgan fingerprint density at radius 2 is 2.00 bits per heavy atom. The van der Waals surface area contributed by atoms with Crippen molar-refractivity contribution in [2.45, 2.75) is 39.3 Å². The first kappa shape index (κ1) is 9.97. The lowest BCUT2D eigenvalue weighted by Crippen LogP contribution is -2.46. The third-order valence-electron chi connectivity index (χ3n) is 3.83. The highest BCUT2D eigenvalue weighted by molar-refractivity contribution is 5.75. The molecule has 0 bridgehead atoms. The summed E-state index contributed by atoms with van der Waals surface area (Å²) in [6, 6.07) is 0.432. The molecule has 14 heavy (non-hydrogen) atoms. The van der Waals surface area contributed by atoms with Gasteiger partial charge in [0.2, 0.25) is 0 Å². The molecule has 2 aliphatic rings. The van der Waals surface area contributed by atoms with E-state index in [9.17, 15) is 4.79 Å². The van der Waals surface area contributed by atoms with Crippen molar-refractivity contribution in [2.75, 3.05) is 6.54 Å². The van der Waals surface area contributed by atoms with Gasteiger partial charge >= 0.3 is 5.97 Å². The molecule has 1 heterocycles. The third kappa shape index (κ3) is 1.26. The van der Waals surface area contributed by atoms with Crippen molar-refractivity contribution in [3.63, 3.8) is 0 Å². The molecule has 1 aliphatic carbocycles. The summed E-state index contributed by atoms with van der Waals surface area (Å²) >= 11 is 0. The van der Waals surface area contributed by atoms with Crippen molar-refractivity contribution in [1.29, 1.82) is 0 Å². The highest BCUT2D eigenvalue weighted by Crippen LogP contribution is 2.56. The number of aliphatic carboxylic acids is 1. The van der Waals surface area contributed by atoms with Crippen molar-refractivity contribution in [1.82, 2.24) is 4.90 Å². The van der Waals surface area contributed by atoms with Gasteiger partial charge in [-0.1, -0.05) is 0 Å². The minimum absolute atomic E-state index is 0.0522. The molecule has 2 rings (SSSR count). The van der Waals surface area contributed by atoms with Gasteiger partial charge in [-0.05, 0) is 39.5 Å². The van der Waals surface area contributed by atoms with E-state index in [2.05, 4.69) is 32.6 Å². The highest BCUT2D eigenvalue weighted by Gasteiger charge is 2.64. The monoisotopic (exact) mass is 197 g/mol. The SMILES string of the molecule is CC1[C@@H]2C(C(=O)O)[C@@H]2CN1C(C)(C)C. The number of hydrogen-bond donors (Lipinski definition) is 1. The second-order valence-electron chi connectivity index (χ2n) is 5.67. The minimum Gasteiger partial charge on any atom is -0.481 e. The average molecular weight is 197 g/mol. The number of piperidine rings is 1. The maximum Gasteiger partial charge on any atom is 0.307 e. The van der Waals surface area contributed by atoms with Gasteiger partial charge in [-0.25, -0.2) is 0 Å². The van der Waals surface area contributed by atoms with E-state index in [1.807, 2.05) is 0 Å². The average Bonchev–Trinajstić information content (AvgIpc) is 2.62. The summed E-state index contributed by atoms with van der Waals surface area (Å²) < 4.78 is 0. The number of fused-ring (bicyclic) bond motifs is 1. The lowest BCUT2D eigenvalue weighted by Gasteiger charge is -2.37. The first-order valence-corrected chi connectivity index (χ1v) is 5.33. The van der Waals surface area contributed by atoms with Gasteiger partial charge in [-0.15, -0.1) is 0 Å². The molecule has 2 unspecified atom stereocenters. The van der Waals surface area contributed by atoms with Crippen LogP contribution in [0.3, 0.4) is 0 Å². The summed E-state index contributed by atoms with van der Waals surface area (Å²) in [7, 11) is 0. The molecule has 0 spiro atoms. The van der Waals surface area contributed by atoms with Gasteiger partial charge in [0, 0.05) is 18.1 Å². The Labute approximate surface area is 85.1 Å². The van der Waals surface area contributed by atoms with E-state index in [-0.39, 0.29) is 11.5 Å². The largest absolute Gasteiger partial charge is 0.481 e. The second kappa shape index (κ2) is 2.72. The predicted octanol–water partition coefficient (Wildman–Crippen LogP) is 1.44. The standard InChI is InChI=1S/C11H19NO2/c1-6-8-7(9(8)10(13)14)5-12(6)11(2,3)4/h6-9H,5H2,1-4H3,(H,13,14)/t6?,7-,8+,9?/m1/s1. The molecule has 1 saturated carbocycles. The van der Waals surface area contributed by atoms with Crippen LogP contribution in [-0.2, 0) is 4.79 Å². The Kier molecular flexibility index (Phi) is 1.94. The van der Waals surface area contributed by atoms with Crippen LogP contribution < -0.4 is 0 Å². The van der Waals surface area contributed by atoms with Gasteiger partial charge in [0.05, 0.1) is 5.92 Å². The van der Waals surface area contributed by atoms with Crippen LogP contribution in [0.5, 0.6) is 0 Å². The van der Waals surface area contributed by atoms with Crippen LogP contribution in [0, 0.1) is 17.8 Å². The first-order valence-electron chi connectivity index (χ1n) is 5.33. The molecule has 1 saturated heterocycles. The van der Waals surface area contributed by atoms with Gasteiger partial charge < -0.3 is 5.11 Å². The highest BCUT2D eigenvalue weighted by atomic mass is 16.4. The summed E-state index contributed by atoms with van der Waals surface area (Å²) in [5.74, 6) is 0.178. The smallest absolute Gasteiger partial charge is 0.307 e. The fourth-order valence-electron chi connectivity index (χ4n) is 3.13. The summed E-state index contributed by atoms with van der Waals surface area (Å²) in [4.78, 5) is 13.3. The fourth-order valence-corrected chi connectivity index (χ4v) is 3.13. The third-order valence-corrected chi connectivity index (χ3v) is 3.83. The molecular formula is C11H19NO2. The molecule has 1 aliphatic heterocycles. The normalized spacial score (nSPS) is 42.3. The quantitative estimate of drug-likeness (QED) is 0.691. The summed E-state index contributed by atoms with van der Waals surface area (Å²) in [6.45, 7) is 9.73. The zero-order chi connectivity index (χ0) is 10.7. The minimum atomic E-state index is -0.597. The van der Waals surface area contributed by atoms with Crippen molar-refractivity contribution in [3.05, 3.63) is 0 Å². The molecule has 3 heteroatoms. The maximum atomic E-state index is 10.9. The summed E-state index contributed by atoms with van der Waals surface area (Å²) in [5.41, 5.74) is 0.176. The molecule has 80 valence electrons. The Hall–Kier alpha value is -0.570. The van der Waals surface area contributed by atoms with Crippen molar-refractivity contribution in [3.8, 4) is 0 Å². The molecule has 4 atom stereocenters. The number of carbonyl (C=O) groups is 1. The van der Waals surface area contributed by atoms with Crippen molar-refractivity contribution >= 4 is 5.97 Å². The second-order valence-corrected chi connectivity index (χ2v) is 5.67. The Morgan fingerprint density at radius 3 is 2.29 bits per heavy atom. The van der Waals surface area contributed by atoms with Crippen LogP contribution in [0.1, 0.15) is 27.7 Å². The van der Waals surface area contributed by atoms with E-state index in [1.165, 1.54) is 0 Å². The van der Waals surface area contributed by atoms with E-state index >= 15 is 0 Å². The Morgan fingerprint density at radius 1 is 1.43 bits per heavy atom. The van der Waals surface area contributed by atoms with Gasteiger partial charge in [-0.3, -0.25) is 9.69 Å². The van der Waals surface area contributed by atoms with Crippen LogP contribution in [0.4, 0.5) is 0 Å². The summed E-state index contributed by atoms with van der Waals surface area (Å²) in [6.07, 6.45) is 0. The molecule has 0 amide bonds. The van der Waals surface area contributed by atoms with Gasteiger partial charge in [0.25, 0.3) is 0 Å². The molecule has 0 radical (unpaired) electrons. The number of hydrogen-bond acceptors (Lipinski definition) is 2. The Bertz CT molecular complexity index is 269. The summed E-state index contributed by atoms with van der Waals surface area (Å²) in [5, 5.41) is 8.95. The van der Waals surface area contributed by atoms with Crippen LogP contribution in [0.25, 0.3) is 0 Å². The molecular weight excluding hydrogens is 178 g/mol. The molecule has 0 aromatic heterocycles.